The first kappa shape index (κ1) is 20.6. The average Bonchev–Trinajstić information content (AvgIpc) is 3.18. The smallest absolute Gasteiger partial charge is 0.243 e. The van der Waals surface area contributed by atoms with Crippen LogP contribution in [0.1, 0.15) is 37.1 Å². The van der Waals surface area contributed by atoms with E-state index in [4.69, 9.17) is 4.42 Å². The van der Waals surface area contributed by atoms with Gasteiger partial charge in [0.1, 0.15) is 11.3 Å². The van der Waals surface area contributed by atoms with Gasteiger partial charge in [-0.05, 0) is 51.0 Å². The van der Waals surface area contributed by atoms with Crippen LogP contribution in [-0.4, -0.2) is 31.7 Å². The quantitative estimate of drug-likeness (QED) is 0.668. The lowest BCUT2D eigenvalue weighted by molar-refractivity contribution is -0.126. The summed E-state index contributed by atoms with van der Waals surface area (Å²) >= 11 is 0. The van der Waals surface area contributed by atoms with Gasteiger partial charge in [0.05, 0.1) is 10.9 Å². The number of benzene rings is 2. The Kier molecular flexibility index (Phi) is 5.66. The number of sulfonamides is 1. The predicted molar refractivity (Wildman–Crippen MR) is 115 cm³/mol. The maximum atomic E-state index is 12.8. The zero-order valence-corrected chi connectivity index (χ0v) is 18.0. The molecule has 1 saturated heterocycles. The summed E-state index contributed by atoms with van der Waals surface area (Å²) in [5, 5.41) is 4.02. The zero-order chi connectivity index (χ0) is 21.3. The van der Waals surface area contributed by atoms with Crippen molar-refractivity contribution in [2.24, 2.45) is 5.92 Å². The van der Waals surface area contributed by atoms with Crippen molar-refractivity contribution in [1.82, 2.24) is 9.62 Å². The third kappa shape index (κ3) is 4.13. The summed E-state index contributed by atoms with van der Waals surface area (Å²) in [6.07, 6.45) is 1.01. The van der Waals surface area contributed by atoms with Crippen molar-refractivity contribution < 1.29 is 17.6 Å². The Hall–Kier alpha value is -2.64. The molecule has 4 rings (SSSR count). The number of hydrogen-bond donors (Lipinski definition) is 1. The Morgan fingerprint density at radius 1 is 1.10 bits per heavy atom. The van der Waals surface area contributed by atoms with E-state index in [0.717, 1.165) is 16.5 Å². The monoisotopic (exact) mass is 426 g/mol. The van der Waals surface area contributed by atoms with Gasteiger partial charge < -0.3 is 9.73 Å². The summed E-state index contributed by atoms with van der Waals surface area (Å²) in [5.74, 6) is 0.445. The molecule has 1 N–H and O–H groups in total. The van der Waals surface area contributed by atoms with Crippen LogP contribution in [0.2, 0.25) is 0 Å². The molecular formula is C23H26N2O4S. The molecule has 30 heavy (non-hydrogen) atoms. The second kappa shape index (κ2) is 8.24. The molecule has 1 aliphatic rings. The first-order chi connectivity index (χ1) is 14.3. The van der Waals surface area contributed by atoms with Gasteiger partial charge in [-0.1, -0.05) is 35.9 Å². The lowest BCUT2D eigenvalue weighted by Gasteiger charge is -2.31. The Bertz CT molecular complexity index is 1110. The fourth-order valence-electron chi connectivity index (χ4n) is 3.84. The fraction of sp³-hybridized carbons (Fsp3) is 0.348. The molecule has 0 bridgehead atoms. The van der Waals surface area contributed by atoms with Gasteiger partial charge in [0.2, 0.25) is 15.9 Å². The number of carbonyl (C=O) groups is 1. The zero-order valence-electron chi connectivity index (χ0n) is 17.2. The highest BCUT2D eigenvalue weighted by atomic mass is 32.2. The van der Waals surface area contributed by atoms with E-state index < -0.39 is 10.0 Å². The summed E-state index contributed by atoms with van der Waals surface area (Å²) in [6, 6.07) is 16.3. The molecule has 1 fully saturated rings. The van der Waals surface area contributed by atoms with Crippen LogP contribution in [0.5, 0.6) is 0 Å². The number of fused-ring (bicyclic) bond motifs is 1. The first-order valence-corrected chi connectivity index (χ1v) is 11.6. The van der Waals surface area contributed by atoms with Gasteiger partial charge in [-0.2, -0.15) is 4.31 Å². The van der Waals surface area contributed by atoms with Crippen LogP contribution in [0.3, 0.4) is 0 Å². The van der Waals surface area contributed by atoms with Gasteiger partial charge in [0.15, 0.2) is 0 Å². The Morgan fingerprint density at radius 3 is 2.43 bits per heavy atom. The number of nitrogens with zero attached hydrogens (tertiary/aromatic N) is 1. The topological polar surface area (TPSA) is 79.6 Å². The summed E-state index contributed by atoms with van der Waals surface area (Å²) in [6.45, 7) is 4.50. The number of nitrogens with one attached hydrogen (secondary N) is 1. The standard InChI is InChI=1S/C23H26N2O4S/c1-16-7-9-20(10-8-16)30(27,28)25-13-11-18(12-14-25)23(26)24-17(2)22-15-19-5-3-4-6-21(19)29-22/h3-10,15,17-18H,11-14H2,1-2H3,(H,24,26). The molecule has 0 spiro atoms. The highest BCUT2D eigenvalue weighted by molar-refractivity contribution is 7.89. The number of amides is 1. The minimum absolute atomic E-state index is 0.0599. The normalized spacial score (nSPS) is 17.1. The van der Waals surface area contributed by atoms with E-state index in [1.54, 1.807) is 24.3 Å². The van der Waals surface area contributed by atoms with Crippen molar-refractivity contribution >= 4 is 26.9 Å². The highest BCUT2D eigenvalue weighted by Crippen LogP contribution is 2.27. The number of furan rings is 1. The van der Waals surface area contributed by atoms with E-state index in [1.165, 1.54) is 4.31 Å². The van der Waals surface area contributed by atoms with Crippen LogP contribution in [0.4, 0.5) is 0 Å². The number of carbonyl (C=O) groups excluding carboxylic acids is 1. The van der Waals surface area contributed by atoms with Gasteiger partial charge in [-0.3, -0.25) is 4.79 Å². The second-order valence-electron chi connectivity index (χ2n) is 7.91. The molecular weight excluding hydrogens is 400 g/mol. The second-order valence-corrected chi connectivity index (χ2v) is 9.85. The van der Waals surface area contributed by atoms with Crippen molar-refractivity contribution in [3.63, 3.8) is 0 Å². The van der Waals surface area contributed by atoms with Gasteiger partial charge >= 0.3 is 0 Å². The average molecular weight is 427 g/mol. The van der Waals surface area contributed by atoms with Crippen LogP contribution in [-0.2, 0) is 14.8 Å². The van der Waals surface area contributed by atoms with E-state index in [0.29, 0.717) is 36.6 Å². The van der Waals surface area contributed by atoms with E-state index in [2.05, 4.69) is 5.32 Å². The van der Waals surface area contributed by atoms with Gasteiger partial charge in [-0.25, -0.2) is 8.42 Å². The number of piperidine rings is 1. The fourth-order valence-corrected chi connectivity index (χ4v) is 5.31. The third-order valence-electron chi connectivity index (χ3n) is 5.71. The molecule has 2 heterocycles. The summed E-state index contributed by atoms with van der Waals surface area (Å²) < 4.78 is 33.0. The van der Waals surface area contributed by atoms with Crippen molar-refractivity contribution in [3.05, 3.63) is 65.9 Å². The maximum Gasteiger partial charge on any atom is 0.243 e. The summed E-state index contributed by atoms with van der Waals surface area (Å²) in [4.78, 5) is 13.0. The van der Waals surface area contributed by atoms with E-state index in [1.807, 2.05) is 44.2 Å². The lowest BCUT2D eigenvalue weighted by Crippen LogP contribution is -2.43. The summed E-state index contributed by atoms with van der Waals surface area (Å²) in [7, 11) is -3.52. The van der Waals surface area contributed by atoms with Crippen LogP contribution in [0, 0.1) is 12.8 Å². The molecule has 1 amide bonds. The predicted octanol–water partition coefficient (Wildman–Crippen LogP) is 4.02. The molecule has 7 heteroatoms. The third-order valence-corrected chi connectivity index (χ3v) is 7.63. The van der Waals surface area contributed by atoms with Gasteiger partial charge in [0, 0.05) is 24.4 Å². The first-order valence-electron chi connectivity index (χ1n) is 10.2. The number of rotatable bonds is 5. The highest BCUT2D eigenvalue weighted by Gasteiger charge is 2.32. The minimum Gasteiger partial charge on any atom is -0.459 e. The van der Waals surface area contributed by atoms with Gasteiger partial charge in [-0.15, -0.1) is 0 Å². The largest absolute Gasteiger partial charge is 0.459 e. The van der Waals surface area contributed by atoms with Crippen molar-refractivity contribution in [1.29, 1.82) is 0 Å². The van der Waals surface area contributed by atoms with Crippen molar-refractivity contribution in [2.75, 3.05) is 13.1 Å². The number of hydrogen-bond acceptors (Lipinski definition) is 4. The molecule has 2 aromatic carbocycles. The molecule has 1 atom stereocenters. The Balaban J connectivity index is 1.36. The molecule has 1 unspecified atom stereocenters. The Labute approximate surface area is 176 Å². The minimum atomic E-state index is -3.52. The van der Waals surface area contributed by atoms with Gasteiger partial charge in [0.25, 0.3) is 0 Å². The molecule has 0 radical (unpaired) electrons. The van der Waals surface area contributed by atoms with E-state index in [9.17, 15) is 13.2 Å². The van der Waals surface area contributed by atoms with Crippen LogP contribution in [0.25, 0.3) is 11.0 Å². The molecule has 1 aromatic heterocycles. The number of para-hydroxylation sites is 1. The summed E-state index contributed by atoms with van der Waals surface area (Å²) in [5.41, 5.74) is 1.81. The van der Waals surface area contributed by atoms with Crippen LogP contribution in [0.15, 0.2) is 63.9 Å². The number of aryl methyl sites for hydroxylation is 1. The molecule has 0 saturated carbocycles. The molecule has 1 aliphatic heterocycles. The maximum absolute atomic E-state index is 12.8. The van der Waals surface area contributed by atoms with Crippen molar-refractivity contribution in [3.8, 4) is 0 Å². The van der Waals surface area contributed by atoms with Crippen LogP contribution >= 0.6 is 0 Å². The van der Waals surface area contributed by atoms with Crippen LogP contribution < -0.4 is 5.32 Å². The Morgan fingerprint density at radius 2 is 1.77 bits per heavy atom. The molecule has 6 nitrogen and oxygen atoms in total. The lowest BCUT2D eigenvalue weighted by atomic mass is 9.97. The molecule has 3 aromatic rings. The molecule has 0 aliphatic carbocycles. The van der Waals surface area contributed by atoms with E-state index in [-0.39, 0.29) is 17.9 Å². The van der Waals surface area contributed by atoms with E-state index >= 15 is 0 Å². The van der Waals surface area contributed by atoms with Crippen molar-refractivity contribution in [2.45, 2.75) is 37.6 Å². The molecule has 158 valence electrons. The SMILES string of the molecule is Cc1ccc(S(=O)(=O)N2CCC(C(=O)NC(C)c3cc4ccccc4o3)CC2)cc1.